The van der Waals surface area contributed by atoms with Crippen LogP contribution in [0.3, 0.4) is 0 Å². The highest BCUT2D eigenvalue weighted by atomic mass is 79.9. The molecule has 0 aromatic heterocycles. The molecule has 1 aliphatic carbocycles. The van der Waals surface area contributed by atoms with Crippen molar-refractivity contribution in [3.05, 3.63) is 34.8 Å². The van der Waals surface area contributed by atoms with Crippen LogP contribution in [0.1, 0.15) is 38.5 Å². The standard InChI is InChI=1S/C6H5Br.C6H12/c7-6-4-2-1-3-5-6;1-2-4-6-5-3-1/h1-5H;1-6H2. The zero-order chi connectivity index (χ0) is 9.36. The highest BCUT2D eigenvalue weighted by Gasteiger charge is 1.95. The summed E-state index contributed by atoms with van der Waals surface area (Å²) < 4.78 is 1.13. The second kappa shape index (κ2) is 7.14. The van der Waals surface area contributed by atoms with Gasteiger partial charge in [0.25, 0.3) is 0 Å². The fraction of sp³-hybridized carbons (Fsp3) is 0.500. The first-order valence-electron chi connectivity index (χ1n) is 5.10. The van der Waals surface area contributed by atoms with E-state index in [4.69, 9.17) is 0 Å². The minimum absolute atomic E-state index is 1.13. The number of benzene rings is 1. The molecule has 0 amide bonds. The fourth-order valence-electron chi connectivity index (χ4n) is 1.48. The Morgan fingerprint density at radius 3 is 1.31 bits per heavy atom. The molecule has 1 aliphatic rings. The summed E-state index contributed by atoms with van der Waals surface area (Å²) in [5.41, 5.74) is 0. The maximum Gasteiger partial charge on any atom is 0.0175 e. The fourth-order valence-corrected chi connectivity index (χ4v) is 1.78. The molecule has 0 unspecified atom stereocenters. The summed E-state index contributed by atoms with van der Waals surface area (Å²) >= 11 is 3.31. The van der Waals surface area contributed by atoms with Gasteiger partial charge in [-0.05, 0) is 12.1 Å². The molecule has 0 bridgehead atoms. The van der Waals surface area contributed by atoms with Gasteiger partial charge in [0, 0.05) is 4.47 Å². The minimum Gasteiger partial charge on any atom is -0.0622 e. The summed E-state index contributed by atoms with van der Waals surface area (Å²) in [7, 11) is 0. The van der Waals surface area contributed by atoms with E-state index in [0.717, 1.165) is 4.47 Å². The predicted octanol–water partition coefficient (Wildman–Crippen LogP) is 4.79. The smallest absolute Gasteiger partial charge is 0.0175 e. The second-order valence-electron chi connectivity index (χ2n) is 3.42. The maximum absolute atomic E-state index is 3.31. The van der Waals surface area contributed by atoms with Crippen LogP contribution < -0.4 is 0 Å². The van der Waals surface area contributed by atoms with Gasteiger partial charge in [0.1, 0.15) is 0 Å². The average molecular weight is 241 g/mol. The molecule has 0 saturated heterocycles. The van der Waals surface area contributed by atoms with Gasteiger partial charge in [-0.2, -0.15) is 0 Å². The highest BCUT2D eigenvalue weighted by Crippen LogP contribution is 2.15. The van der Waals surface area contributed by atoms with Crippen LogP contribution >= 0.6 is 15.9 Å². The Hall–Kier alpha value is -0.300. The van der Waals surface area contributed by atoms with Crippen molar-refractivity contribution >= 4 is 15.9 Å². The van der Waals surface area contributed by atoms with E-state index in [2.05, 4.69) is 15.9 Å². The Bertz CT molecular complexity index is 190. The number of hydrogen-bond acceptors (Lipinski definition) is 0. The van der Waals surface area contributed by atoms with Crippen molar-refractivity contribution in [1.82, 2.24) is 0 Å². The molecule has 1 aromatic carbocycles. The summed E-state index contributed by atoms with van der Waals surface area (Å²) in [6.07, 6.45) is 9.00. The molecule has 2 rings (SSSR count). The van der Waals surface area contributed by atoms with Crippen LogP contribution in [0.5, 0.6) is 0 Å². The van der Waals surface area contributed by atoms with E-state index >= 15 is 0 Å². The van der Waals surface area contributed by atoms with Gasteiger partial charge in [0.2, 0.25) is 0 Å². The molecule has 0 radical (unpaired) electrons. The molecule has 1 fully saturated rings. The van der Waals surface area contributed by atoms with Crippen LogP contribution in [0.2, 0.25) is 0 Å². The van der Waals surface area contributed by atoms with Crippen LogP contribution in [-0.2, 0) is 0 Å². The molecule has 1 aromatic rings. The molecule has 0 heterocycles. The van der Waals surface area contributed by atoms with Gasteiger partial charge in [-0.15, -0.1) is 0 Å². The lowest BCUT2D eigenvalue weighted by Crippen LogP contribution is -1.85. The summed E-state index contributed by atoms with van der Waals surface area (Å²) in [5.74, 6) is 0. The SMILES string of the molecule is Brc1ccccc1.C1CCCCC1. The monoisotopic (exact) mass is 240 g/mol. The maximum atomic E-state index is 3.31. The number of hydrogen-bond donors (Lipinski definition) is 0. The van der Waals surface area contributed by atoms with E-state index in [1.807, 2.05) is 30.3 Å². The molecule has 0 nitrogen and oxygen atoms in total. The van der Waals surface area contributed by atoms with E-state index in [1.54, 1.807) is 0 Å². The molecule has 72 valence electrons. The van der Waals surface area contributed by atoms with Crippen LogP contribution in [0.4, 0.5) is 0 Å². The first kappa shape index (κ1) is 10.8. The Morgan fingerprint density at radius 2 is 1.08 bits per heavy atom. The molecule has 1 heteroatoms. The molecular formula is C12H17Br. The van der Waals surface area contributed by atoms with Crippen molar-refractivity contribution in [2.45, 2.75) is 38.5 Å². The zero-order valence-corrected chi connectivity index (χ0v) is 9.59. The molecule has 13 heavy (non-hydrogen) atoms. The summed E-state index contributed by atoms with van der Waals surface area (Å²) in [6.45, 7) is 0. The van der Waals surface area contributed by atoms with E-state index in [0.29, 0.717) is 0 Å². The molecule has 0 N–H and O–H groups in total. The predicted molar refractivity (Wildman–Crippen MR) is 61.8 cm³/mol. The molecule has 0 aliphatic heterocycles. The van der Waals surface area contributed by atoms with Gasteiger partial charge in [-0.3, -0.25) is 0 Å². The van der Waals surface area contributed by atoms with Gasteiger partial charge in [-0.25, -0.2) is 0 Å². The van der Waals surface area contributed by atoms with Crippen molar-refractivity contribution in [2.75, 3.05) is 0 Å². The van der Waals surface area contributed by atoms with Crippen LogP contribution in [0, 0.1) is 0 Å². The molecule has 0 atom stereocenters. The lowest BCUT2D eigenvalue weighted by atomic mass is 10.0. The lowest BCUT2D eigenvalue weighted by molar-refractivity contribution is 0.504. The molecular weight excluding hydrogens is 224 g/mol. The zero-order valence-electron chi connectivity index (χ0n) is 8.01. The van der Waals surface area contributed by atoms with Crippen molar-refractivity contribution in [3.63, 3.8) is 0 Å². The Balaban J connectivity index is 0.000000132. The van der Waals surface area contributed by atoms with Gasteiger partial charge >= 0.3 is 0 Å². The summed E-state index contributed by atoms with van der Waals surface area (Å²) in [6, 6.07) is 9.97. The molecule has 1 saturated carbocycles. The Kier molecular flexibility index (Phi) is 5.92. The normalized spacial score (nSPS) is 15.8. The largest absolute Gasteiger partial charge is 0.0622 e. The van der Waals surface area contributed by atoms with Crippen LogP contribution in [0.15, 0.2) is 34.8 Å². The van der Waals surface area contributed by atoms with E-state index in [1.165, 1.54) is 38.5 Å². The minimum atomic E-state index is 1.13. The molecule has 0 spiro atoms. The van der Waals surface area contributed by atoms with E-state index < -0.39 is 0 Å². The lowest BCUT2D eigenvalue weighted by Gasteiger charge is -2.05. The van der Waals surface area contributed by atoms with Gasteiger partial charge in [0.15, 0.2) is 0 Å². The topological polar surface area (TPSA) is 0 Å². The van der Waals surface area contributed by atoms with Crippen molar-refractivity contribution in [3.8, 4) is 0 Å². The third-order valence-corrected chi connectivity index (χ3v) is 2.76. The van der Waals surface area contributed by atoms with Crippen LogP contribution in [-0.4, -0.2) is 0 Å². The first-order valence-corrected chi connectivity index (χ1v) is 5.89. The quantitative estimate of drug-likeness (QED) is 0.612. The van der Waals surface area contributed by atoms with Gasteiger partial charge in [0.05, 0.1) is 0 Å². The second-order valence-corrected chi connectivity index (χ2v) is 4.33. The van der Waals surface area contributed by atoms with Crippen molar-refractivity contribution < 1.29 is 0 Å². The van der Waals surface area contributed by atoms with Crippen molar-refractivity contribution in [2.24, 2.45) is 0 Å². The Morgan fingerprint density at radius 1 is 0.692 bits per heavy atom. The van der Waals surface area contributed by atoms with Gasteiger partial charge < -0.3 is 0 Å². The number of halogens is 1. The van der Waals surface area contributed by atoms with Crippen molar-refractivity contribution in [1.29, 1.82) is 0 Å². The average Bonchev–Trinajstić information content (AvgIpc) is 2.22. The third-order valence-electron chi connectivity index (χ3n) is 2.23. The summed E-state index contributed by atoms with van der Waals surface area (Å²) in [5, 5.41) is 0. The van der Waals surface area contributed by atoms with E-state index in [9.17, 15) is 0 Å². The first-order chi connectivity index (χ1) is 6.39. The highest BCUT2D eigenvalue weighted by molar-refractivity contribution is 9.10. The number of rotatable bonds is 0. The summed E-state index contributed by atoms with van der Waals surface area (Å²) in [4.78, 5) is 0. The van der Waals surface area contributed by atoms with Gasteiger partial charge in [-0.1, -0.05) is 72.7 Å². The third kappa shape index (κ3) is 5.87. The Labute approximate surface area is 89.5 Å². The van der Waals surface area contributed by atoms with E-state index in [-0.39, 0.29) is 0 Å². The van der Waals surface area contributed by atoms with Crippen LogP contribution in [0.25, 0.3) is 0 Å².